The first kappa shape index (κ1) is 9.83. The molecule has 0 aliphatic heterocycles. The van der Waals surface area contributed by atoms with Gasteiger partial charge in [-0.3, -0.25) is 9.78 Å². The highest BCUT2D eigenvalue weighted by Crippen LogP contribution is 1.93. The van der Waals surface area contributed by atoms with E-state index < -0.39 is 6.04 Å². The van der Waals surface area contributed by atoms with Gasteiger partial charge in [-0.2, -0.15) is 0 Å². The van der Waals surface area contributed by atoms with Crippen molar-refractivity contribution in [2.45, 2.75) is 12.6 Å². The second kappa shape index (κ2) is 5.40. The third kappa shape index (κ3) is 3.78. The minimum absolute atomic E-state index is 0.443. The zero-order valence-electron chi connectivity index (χ0n) is 7.23. The second-order valence-corrected chi connectivity index (χ2v) is 2.72. The summed E-state index contributed by atoms with van der Waals surface area (Å²) >= 11 is 0. The van der Waals surface area contributed by atoms with Gasteiger partial charge in [-0.25, -0.2) is 0 Å². The molecule has 1 unspecified atom stereocenters. The predicted molar refractivity (Wildman–Crippen MR) is 49.6 cm³/mol. The van der Waals surface area contributed by atoms with E-state index in [2.05, 4.69) is 10.3 Å². The van der Waals surface area contributed by atoms with Crippen molar-refractivity contribution in [3.63, 3.8) is 0 Å². The summed E-state index contributed by atoms with van der Waals surface area (Å²) in [4.78, 5) is 14.0. The van der Waals surface area contributed by atoms with Crippen molar-refractivity contribution in [1.82, 2.24) is 10.3 Å². The SMILES string of the molecule is NC([C]=O)CNCc1cccnc1. The number of pyridine rings is 1. The molecule has 1 rings (SSSR count). The number of aromatic nitrogens is 1. The first-order valence-electron chi connectivity index (χ1n) is 4.06. The van der Waals surface area contributed by atoms with E-state index >= 15 is 0 Å². The molecule has 0 bridgehead atoms. The average Bonchev–Trinajstić information content (AvgIpc) is 2.19. The lowest BCUT2D eigenvalue weighted by atomic mass is 10.3. The topological polar surface area (TPSA) is 68.0 Å². The van der Waals surface area contributed by atoms with Gasteiger partial charge in [0.25, 0.3) is 0 Å². The van der Waals surface area contributed by atoms with Crippen LogP contribution in [0.5, 0.6) is 0 Å². The fourth-order valence-corrected chi connectivity index (χ4v) is 0.916. The van der Waals surface area contributed by atoms with Crippen LogP contribution in [-0.2, 0) is 11.3 Å². The quantitative estimate of drug-likeness (QED) is 0.644. The fraction of sp³-hybridized carbons (Fsp3) is 0.333. The van der Waals surface area contributed by atoms with E-state index in [9.17, 15) is 4.79 Å². The van der Waals surface area contributed by atoms with Crippen LogP contribution in [0.4, 0.5) is 0 Å². The van der Waals surface area contributed by atoms with E-state index in [4.69, 9.17) is 5.73 Å². The number of nitrogens with one attached hydrogen (secondary N) is 1. The molecular formula is C9H12N3O. The third-order valence-electron chi connectivity index (χ3n) is 1.57. The minimum atomic E-state index is -0.545. The van der Waals surface area contributed by atoms with Gasteiger partial charge in [0.2, 0.25) is 6.29 Å². The van der Waals surface area contributed by atoms with E-state index in [-0.39, 0.29) is 0 Å². The van der Waals surface area contributed by atoms with Gasteiger partial charge in [-0.1, -0.05) is 6.07 Å². The summed E-state index contributed by atoms with van der Waals surface area (Å²) < 4.78 is 0. The van der Waals surface area contributed by atoms with Crippen LogP contribution in [0.1, 0.15) is 5.56 Å². The van der Waals surface area contributed by atoms with Gasteiger partial charge in [0.15, 0.2) is 0 Å². The largest absolute Gasteiger partial charge is 0.320 e. The Balaban J connectivity index is 2.24. The summed E-state index contributed by atoms with van der Waals surface area (Å²) in [5, 5.41) is 3.02. The molecule has 3 N–H and O–H groups in total. The Morgan fingerprint density at radius 1 is 1.69 bits per heavy atom. The number of carbonyl (C=O) groups excluding carboxylic acids is 1. The fourth-order valence-electron chi connectivity index (χ4n) is 0.916. The lowest BCUT2D eigenvalue weighted by Gasteiger charge is -2.05. The maximum absolute atomic E-state index is 10.0. The Kier molecular flexibility index (Phi) is 4.08. The number of nitrogens with two attached hydrogens (primary N) is 1. The van der Waals surface area contributed by atoms with Crippen LogP contribution in [0.15, 0.2) is 24.5 Å². The minimum Gasteiger partial charge on any atom is -0.320 e. The van der Waals surface area contributed by atoms with Gasteiger partial charge in [0, 0.05) is 25.5 Å². The zero-order valence-corrected chi connectivity index (χ0v) is 7.23. The van der Waals surface area contributed by atoms with E-state index in [1.807, 2.05) is 12.1 Å². The number of nitrogens with zero attached hydrogens (tertiary/aromatic N) is 1. The van der Waals surface area contributed by atoms with E-state index in [1.54, 1.807) is 18.7 Å². The molecular weight excluding hydrogens is 166 g/mol. The van der Waals surface area contributed by atoms with E-state index in [0.717, 1.165) is 5.56 Å². The van der Waals surface area contributed by atoms with Gasteiger partial charge >= 0.3 is 0 Å². The zero-order chi connectivity index (χ0) is 9.52. The van der Waals surface area contributed by atoms with Crippen molar-refractivity contribution in [2.75, 3.05) is 6.54 Å². The van der Waals surface area contributed by atoms with Crippen molar-refractivity contribution in [1.29, 1.82) is 0 Å². The Hall–Kier alpha value is -1.26. The van der Waals surface area contributed by atoms with Crippen LogP contribution >= 0.6 is 0 Å². The number of hydrogen-bond acceptors (Lipinski definition) is 4. The first-order valence-corrected chi connectivity index (χ1v) is 4.06. The van der Waals surface area contributed by atoms with Crippen LogP contribution in [-0.4, -0.2) is 23.9 Å². The molecule has 0 aliphatic rings. The molecule has 13 heavy (non-hydrogen) atoms. The number of rotatable bonds is 5. The molecule has 1 heterocycles. The van der Waals surface area contributed by atoms with Crippen LogP contribution in [0, 0.1) is 0 Å². The van der Waals surface area contributed by atoms with Gasteiger partial charge in [0.1, 0.15) is 0 Å². The summed E-state index contributed by atoms with van der Waals surface area (Å²) in [6, 6.07) is 3.27. The summed E-state index contributed by atoms with van der Waals surface area (Å²) in [7, 11) is 0. The normalized spacial score (nSPS) is 12.4. The maximum atomic E-state index is 10.0. The Labute approximate surface area is 77.2 Å². The molecule has 0 fully saturated rings. The lowest BCUT2D eigenvalue weighted by Crippen LogP contribution is -2.34. The lowest BCUT2D eigenvalue weighted by molar-refractivity contribution is 0.532. The first-order chi connectivity index (χ1) is 6.33. The van der Waals surface area contributed by atoms with Crippen molar-refractivity contribution in [3.8, 4) is 0 Å². The molecule has 1 atom stereocenters. The summed E-state index contributed by atoms with van der Waals surface area (Å²) in [6.07, 6.45) is 5.18. The smallest absolute Gasteiger partial charge is 0.218 e. The van der Waals surface area contributed by atoms with Gasteiger partial charge in [-0.05, 0) is 11.6 Å². The molecule has 0 spiro atoms. The molecule has 1 radical (unpaired) electrons. The van der Waals surface area contributed by atoms with Crippen LogP contribution < -0.4 is 11.1 Å². The summed E-state index contributed by atoms with van der Waals surface area (Å²) in [5.74, 6) is 0. The van der Waals surface area contributed by atoms with Crippen molar-refractivity contribution < 1.29 is 4.79 Å². The molecule has 0 amide bonds. The Morgan fingerprint density at radius 2 is 2.54 bits per heavy atom. The molecule has 1 aromatic heterocycles. The van der Waals surface area contributed by atoms with Crippen molar-refractivity contribution in [3.05, 3.63) is 30.1 Å². The average molecular weight is 178 g/mol. The standard InChI is InChI=1S/C9H12N3O/c10-9(7-13)6-12-5-8-2-1-3-11-4-8/h1-4,9,12H,5-6,10H2. The highest BCUT2D eigenvalue weighted by Gasteiger charge is 1.99. The number of hydrogen-bond donors (Lipinski definition) is 2. The molecule has 0 aliphatic carbocycles. The maximum Gasteiger partial charge on any atom is 0.218 e. The molecule has 0 saturated heterocycles. The van der Waals surface area contributed by atoms with Crippen LogP contribution in [0.25, 0.3) is 0 Å². The van der Waals surface area contributed by atoms with Crippen molar-refractivity contribution >= 4 is 6.29 Å². The van der Waals surface area contributed by atoms with Crippen LogP contribution in [0.2, 0.25) is 0 Å². The van der Waals surface area contributed by atoms with E-state index in [0.29, 0.717) is 13.1 Å². The monoisotopic (exact) mass is 178 g/mol. The molecule has 4 heteroatoms. The Morgan fingerprint density at radius 3 is 3.15 bits per heavy atom. The Bertz CT molecular complexity index is 250. The molecule has 0 saturated carbocycles. The highest BCUT2D eigenvalue weighted by molar-refractivity contribution is 5.58. The molecule has 4 nitrogen and oxygen atoms in total. The van der Waals surface area contributed by atoms with Gasteiger partial charge < -0.3 is 11.1 Å². The second-order valence-electron chi connectivity index (χ2n) is 2.72. The molecule has 1 aromatic rings. The van der Waals surface area contributed by atoms with Gasteiger partial charge in [0.05, 0.1) is 6.04 Å². The molecule has 69 valence electrons. The third-order valence-corrected chi connectivity index (χ3v) is 1.57. The van der Waals surface area contributed by atoms with Crippen LogP contribution in [0.3, 0.4) is 0 Å². The van der Waals surface area contributed by atoms with Gasteiger partial charge in [-0.15, -0.1) is 0 Å². The summed E-state index contributed by atoms with van der Waals surface area (Å²) in [5.41, 5.74) is 6.41. The predicted octanol–water partition coefficient (Wildman–Crippen LogP) is -0.392. The highest BCUT2D eigenvalue weighted by atomic mass is 16.1. The van der Waals surface area contributed by atoms with Crippen molar-refractivity contribution in [2.24, 2.45) is 5.73 Å². The summed E-state index contributed by atoms with van der Waals surface area (Å²) in [6.45, 7) is 1.11. The molecule has 0 aromatic carbocycles. The van der Waals surface area contributed by atoms with E-state index in [1.165, 1.54) is 0 Å².